The lowest BCUT2D eigenvalue weighted by Crippen LogP contribution is -2.59. The van der Waals surface area contributed by atoms with Crippen LogP contribution in [0.15, 0.2) is 23.3 Å². The molecule has 4 nitrogen and oxygen atoms in total. The molecule has 1 aliphatic rings. The zero-order valence-corrected chi connectivity index (χ0v) is 16.8. The van der Waals surface area contributed by atoms with Crippen molar-refractivity contribution in [3.63, 3.8) is 0 Å². The van der Waals surface area contributed by atoms with Crippen LogP contribution in [0.25, 0.3) is 0 Å². The second-order valence-corrected chi connectivity index (χ2v) is 7.94. The van der Waals surface area contributed by atoms with Crippen molar-refractivity contribution in [2.24, 2.45) is 5.41 Å². The Kier molecular flexibility index (Phi) is 7.02. The van der Waals surface area contributed by atoms with E-state index < -0.39 is 64.8 Å². The van der Waals surface area contributed by atoms with Crippen LogP contribution in [0.4, 0.5) is 39.5 Å². The average Bonchev–Trinajstić information content (AvgIpc) is 2.57. The maximum absolute atomic E-state index is 13.3. The van der Waals surface area contributed by atoms with E-state index in [2.05, 4.69) is 0 Å². The van der Waals surface area contributed by atoms with Crippen molar-refractivity contribution in [2.75, 3.05) is 0 Å². The third kappa shape index (κ3) is 5.02. The highest BCUT2D eigenvalue weighted by molar-refractivity contribution is 5.76. The molecule has 0 aromatic heterocycles. The van der Waals surface area contributed by atoms with Crippen LogP contribution in [-0.2, 0) is 9.53 Å². The van der Waals surface area contributed by atoms with E-state index in [9.17, 15) is 54.5 Å². The van der Waals surface area contributed by atoms with Gasteiger partial charge in [-0.15, -0.1) is 0 Å². The first-order valence-corrected chi connectivity index (χ1v) is 8.80. The topological polar surface area (TPSA) is 66.8 Å². The van der Waals surface area contributed by atoms with E-state index in [1.807, 2.05) is 0 Å². The monoisotopic (exact) mass is 472 g/mol. The van der Waals surface area contributed by atoms with Crippen molar-refractivity contribution in [3.05, 3.63) is 23.3 Å². The summed E-state index contributed by atoms with van der Waals surface area (Å²) in [7, 11) is 0. The largest absolute Gasteiger partial charge is 0.453 e. The summed E-state index contributed by atoms with van der Waals surface area (Å²) >= 11 is 0. The normalized spacial score (nSPS) is 21.2. The lowest BCUT2D eigenvalue weighted by molar-refractivity contribution is -0.352. The minimum absolute atomic E-state index is 0.0839. The van der Waals surface area contributed by atoms with E-state index in [-0.39, 0.29) is 19.4 Å². The molecule has 0 radical (unpaired) electrons. The molecule has 0 bridgehead atoms. The number of rotatable bonds is 5. The van der Waals surface area contributed by atoms with Gasteiger partial charge in [0, 0.05) is 0 Å². The molecule has 0 amide bonds. The van der Waals surface area contributed by atoms with Crippen molar-refractivity contribution in [1.29, 1.82) is 0 Å². The summed E-state index contributed by atoms with van der Waals surface area (Å²) in [5.41, 5.74) is -14.0. The summed E-state index contributed by atoms with van der Waals surface area (Å²) in [6, 6.07) is 0. The van der Waals surface area contributed by atoms with E-state index in [0.717, 1.165) is 0 Å². The van der Waals surface area contributed by atoms with Gasteiger partial charge in [0.2, 0.25) is 0 Å². The minimum atomic E-state index is -6.37. The summed E-state index contributed by atoms with van der Waals surface area (Å²) in [5.74, 6) is -1.12. The Morgan fingerprint density at radius 3 is 1.68 bits per heavy atom. The zero-order valence-electron chi connectivity index (χ0n) is 16.8. The lowest BCUT2D eigenvalue weighted by Gasteiger charge is -2.39. The van der Waals surface area contributed by atoms with Crippen LogP contribution in [-0.4, -0.2) is 52.0 Å². The Hall–Kier alpha value is -1.76. The van der Waals surface area contributed by atoms with Gasteiger partial charge < -0.3 is 14.9 Å². The fourth-order valence-electron chi connectivity index (χ4n) is 2.55. The van der Waals surface area contributed by atoms with Gasteiger partial charge >= 0.3 is 24.5 Å². The quantitative estimate of drug-likeness (QED) is 0.344. The van der Waals surface area contributed by atoms with Crippen LogP contribution in [0.1, 0.15) is 40.5 Å². The van der Waals surface area contributed by atoms with Crippen molar-refractivity contribution >= 4 is 5.97 Å². The Labute approximate surface area is 171 Å². The number of ether oxygens (including phenoxy) is 1. The molecule has 31 heavy (non-hydrogen) atoms. The Bertz CT molecular complexity index is 741. The highest BCUT2D eigenvalue weighted by atomic mass is 19.4. The summed E-state index contributed by atoms with van der Waals surface area (Å²) in [6.45, 7) is 4.31. The summed E-state index contributed by atoms with van der Waals surface area (Å²) in [5, 5.41) is 19.4. The summed E-state index contributed by atoms with van der Waals surface area (Å²) in [4.78, 5) is 12.2. The number of hydrogen-bond donors (Lipinski definition) is 2. The van der Waals surface area contributed by atoms with Crippen LogP contribution >= 0.6 is 0 Å². The van der Waals surface area contributed by atoms with Crippen LogP contribution in [0.2, 0.25) is 0 Å². The molecule has 2 atom stereocenters. The van der Waals surface area contributed by atoms with Gasteiger partial charge in [-0.25, -0.2) is 0 Å². The van der Waals surface area contributed by atoms with Gasteiger partial charge in [0.1, 0.15) is 6.10 Å². The molecule has 0 heterocycles. The number of carbonyl (C=O) groups is 1. The van der Waals surface area contributed by atoms with Gasteiger partial charge in [-0.05, 0) is 56.9 Å². The maximum Gasteiger partial charge on any atom is 0.430 e. The molecule has 0 aromatic rings. The molecule has 13 heteroatoms. The molecule has 2 unspecified atom stereocenters. The molecule has 0 spiro atoms. The maximum atomic E-state index is 13.3. The fourth-order valence-corrected chi connectivity index (χ4v) is 2.55. The number of halogens is 9. The van der Waals surface area contributed by atoms with Crippen LogP contribution in [0.3, 0.4) is 0 Å². The number of carbonyl (C=O) groups excluding carboxylic acids is 1. The van der Waals surface area contributed by atoms with E-state index in [1.54, 1.807) is 0 Å². The molecule has 180 valence electrons. The van der Waals surface area contributed by atoms with Crippen LogP contribution in [0, 0.1) is 5.41 Å². The molecule has 2 N–H and O–H groups in total. The standard InChI is InChI=1S/C18H21F9O4/c1-5-13(2,3)12(28)31-11-7-9(14(4,29)16(19,20)21)6-10(8-11)15(30,17(22,23)24)18(25,26)27/h7-8,11,29-30H,5-6H2,1-4H3. The predicted octanol–water partition coefficient (Wildman–Crippen LogP) is 4.76. The number of hydrogen-bond acceptors (Lipinski definition) is 4. The van der Waals surface area contributed by atoms with Gasteiger partial charge in [-0.2, -0.15) is 39.5 Å². The molecule has 0 saturated heterocycles. The summed E-state index contributed by atoms with van der Waals surface area (Å²) < 4.78 is 124. The first-order valence-electron chi connectivity index (χ1n) is 8.80. The highest BCUT2D eigenvalue weighted by Crippen LogP contribution is 2.52. The Morgan fingerprint density at radius 1 is 0.903 bits per heavy atom. The number of alkyl halides is 9. The van der Waals surface area contributed by atoms with Gasteiger partial charge in [0.15, 0.2) is 5.60 Å². The molecule has 0 aliphatic heterocycles. The number of aliphatic hydroxyl groups is 2. The Balaban J connectivity index is 3.66. The summed E-state index contributed by atoms with van der Waals surface area (Å²) in [6.07, 6.45) is -21.5. The first-order chi connectivity index (χ1) is 13.5. The third-order valence-electron chi connectivity index (χ3n) is 5.25. The fraction of sp³-hybridized carbons (Fsp3) is 0.722. The number of esters is 1. The molecule has 1 rings (SSSR count). The van der Waals surface area contributed by atoms with Crippen LogP contribution < -0.4 is 0 Å². The zero-order chi connectivity index (χ0) is 24.8. The first kappa shape index (κ1) is 27.3. The van der Waals surface area contributed by atoms with E-state index in [1.165, 1.54) is 20.8 Å². The smallest absolute Gasteiger partial charge is 0.430 e. The highest BCUT2D eigenvalue weighted by Gasteiger charge is 2.72. The van der Waals surface area contributed by atoms with E-state index >= 15 is 0 Å². The molecular formula is C18H21F9O4. The lowest BCUT2D eigenvalue weighted by atomic mass is 9.78. The van der Waals surface area contributed by atoms with Gasteiger partial charge in [0.05, 0.1) is 5.41 Å². The molecule has 0 saturated carbocycles. The van der Waals surface area contributed by atoms with Gasteiger partial charge in [0.25, 0.3) is 5.60 Å². The minimum Gasteiger partial charge on any atom is -0.453 e. The van der Waals surface area contributed by atoms with Gasteiger partial charge in [-0.1, -0.05) is 6.92 Å². The SMILES string of the molecule is CCC(C)(C)C(=O)OC1C=C(C(C)(O)C(F)(F)F)CC(C(O)(C(F)(F)F)C(F)(F)F)=C1. The van der Waals surface area contributed by atoms with E-state index in [0.29, 0.717) is 6.08 Å². The second-order valence-electron chi connectivity index (χ2n) is 7.94. The van der Waals surface area contributed by atoms with Crippen LogP contribution in [0.5, 0.6) is 0 Å². The van der Waals surface area contributed by atoms with Crippen molar-refractivity contribution in [3.8, 4) is 0 Å². The van der Waals surface area contributed by atoms with Crippen molar-refractivity contribution < 1.29 is 59.3 Å². The molecule has 0 fully saturated rings. The predicted molar refractivity (Wildman–Crippen MR) is 88.5 cm³/mol. The molecule has 1 aliphatic carbocycles. The molecular weight excluding hydrogens is 451 g/mol. The van der Waals surface area contributed by atoms with E-state index in [4.69, 9.17) is 4.74 Å². The third-order valence-corrected chi connectivity index (χ3v) is 5.25. The Morgan fingerprint density at radius 2 is 1.32 bits per heavy atom. The van der Waals surface area contributed by atoms with Crippen molar-refractivity contribution in [1.82, 2.24) is 0 Å². The van der Waals surface area contributed by atoms with Gasteiger partial charge in [-0.3, -0.25) is 4.79 Å². The average molecular weight is 472 g/mol. The molecule has 0 aromatic carbocycles. The second kappa shape index (κ2) is 7.98. The van der Waals surface area contributed by atoms with Crippen molar-refractivity contribution in [2.45, 2.75) is 76.4 Å².